The van der Waals surface area contributed by atoms with E-state index in [1.54, 1.807) is 0 Å². The standard InChI is InChI=1S/C14H20N2O3.ClH/c15-12-7-4-8-16(9-13(12)17)14(18)19-10-11-5-2-1-3-6-11;/h1-3,5-6,12-13,17H,4,7-10,15H2;1H. The summed E-state index contributed by atoms with van der Waals surface area (Å²) in [4.78, 5) is 13.5. The maximum Gasteiger partial charge on any atom is 0.410 e. The lowest BCUT2D eigenvalue weighted by atomic mass is 10.1. The van der Waals surface area contributed by atoms with Crippen LogP contribution >= 0.6 is 12.4 Å². The fourth-order valence-corrected chi connectivity index (χ4v) is 2.14. The predicted molar refractivity (Wildman–Crippen MR) is 78.7 cm³/mol. The molecule has 1 heterocycles. The summed E-state index contributed by atoms with van der Waals surface area (Å²) in [5.41, 5.74) is 6.72. The highest BCUT2D eigenvalue weighted by Gasteiger charge is 2.26. The van der Waals surface area contributed by atoms with Gasteiger partial charge in [-0.1, -0.05) is 30.3 Å². The number of amides is 1. The van der Waals surface area contributed by atoms with Gasteiger partial charge < -0.3 is 20.5 Å². The Bertz CT molecular complexity index is 416. The highest BCUT2D eigenvalue weighted by Crippen LogP contribution is 2.12. The van der Waals surface area contributed by atoms with Crippen molar-refractivity contribution in [3.8, 4) is 0 Å². The fraction of sp³-hybridized carbons (Fsp3) is 0.500. The van der Waals surface area contributed by atoms with E-state index in [0.29, 0.717) is 6.54 Å². The quantitative estimate of drug-likeness (QED) is 0.868. The molecule has 2 rings (SSSR count). The van der Waals surface area contributed by atoms with Crippen molar-refractivity contribution in [2.75, 3.05) is 13.1 Å². The minimum atomic E-state index is -0.674. The maximum absolute atomic E-state index is 11.9. The predicted octanol–water partition coefficient (Wildman–Crippen LogP) is 1.53. The molecule has 0 aliphatic carbocycles. The molecule has 1 aromatic carbocycles. The first kappa shape index (κ1) is 16.8. The molecule has 6 heteroatoms. The second-order valence-electron chi connectivity index (χ2n) is 4.86. The van der Waals surface area contributed by atoms with Gasteiger partial charge in [-0.05, 0) is 18.4 Å². The second kappa shape index (κ2) is 8.09. The molecule has 112 valence electrons. The summed E-state index contributed by atoms with van der Waals surface area (Å²) in [7, 11) is 0. The Balaban J connectivity index is 0.00000200. The zero-order valence-electron chi connectivity index (χ0n) is 11.3. The van der Waals surface area contributed by atoms with Crippen LogP contribution in [0.4, 0.5) is 4.79 Å². The van der Waals surface area contributed by atoms with Gasteiger partial charge in [0.2, 0.25) is 0 Å². The van der Waals surface area contributed by atoms with Gasteiger partial charge in [-0.3, -0.25) is 0 Å². The first-order valence-corrected chi connectivity index (χ1v) is 6.56. The summed E-state index contributed by atoms with van der Waals surface area (Å²) in [6, 6.07) is 9.26. The molecule has 0 saturated carbocycles. The normalized spacial score (nSPS) is 22.6. The van der Waals surface area contributed by atoms with Crippen LogP contribution in [0.2, 0.25) is 0 Å². The zero-order chi connectivity index (χ0) is 13.7. The van der Waals surface area contributed by atoms with Gasteiger partial charge in [0.25, 0.3) is 0 Å². The van der Waals surface area contributed by atoms with Crippen molar-refractivity contribution in [2.24, 2.45) is 5.73 Å². The largest absolute Gasteiger partial charge is 0.445 e. The molecular weight excluding hydrogens is 280 g/mol. The lowest BCUT2D eigenvalue weighted by Gasteiger charge is -2.22. The van der Waals surface area contributed by atoms with E-state index in [2.05, 4.69) is 0 Å². The SMILES string of the molecule is Cl.NC1CCCN(C(=O)OCc2ccccc2)CC1O. The minimum Gasteiger partial charge on any atom is -0.445 e. The van der Waals surface area contributed by atoms with E-state index >= 15 is 0 Å². The number of carbonyl (C=O) groups excluding carboxylic acids is 1. The Morgan fingerprint density at radius 2 is 2.10 bits per heavy atom. The molecule has 20 heavy (non-hydrogen) atoms. The van der Waals surface area contributed by atoms with E-state index < -0.39 is 12.2 Å². The van der Waals surface area contributed by atoms with Crippen molar-refractivity contribution in [2.45, 2.75) is 31.6 Å². The number of ether oxygens (including phenoxy) is 1. The van der Waals surface area contributed by atoms with E-state index in [0.717, 1.165) is 18.4 Å². The lowest BCUT2D eigenvalue weighted by Crippen LogP contribution is -2.42. The molecule has 0 bridgehead atoms. The van der Waals surface area contributed by atoms with Gasteiger partial charge in [0, 0.05) is 12.6 Å². The molecule has 0 spiro atoms. The van der Waals surface area contributed by atoms with E-state index in [1.807, 2.05) is 30.3 Å². The molecule has 0 aromatic heterocycles. The van der Waals surface area contributed by atoms with Crippen molar-refractivity contribution >= 4 is 18.5 Å². The first-order chi connectivity index (χ1) is 9.16. The molecular formula is C14H21ClN2O3. The molecule has 1 aliphatic heterocycles. The number of halogens is 1. The highest BCUT2D eigenvalue weighted by atomic mass is 35.5. The number of aliphatic hydroxyl groups excluding tert-OH is 1. The van der Waals surface area contributed by atoms with Crippen LogP contribution in [0.1, 0.15) is 18.4 Å². The van der Waals surface area contributed by atoms with Crippen LogP contribution in [0.15, 0.2) is 30.3 Å². The van der Waals surface area contributed by atoms with E-state index in [-0.39, 0.29) is 31.6 Å². The van der Waals surface area contributed by atoms with Crippen LogP contribution in [0.25, 0.3) is 0 Å². The number of nitrogens with zero attached hydrogens (tertiary/aromatic N) is 1. The summed E-state index contributed by atoms with van der Waals surface area (Å²) in [6.45, 7) is 1.07. The molecule has 1 fully saturated rings. The molecule has 2 unspecified atom stereocenters. The Labute approximate surface area is 125 Å². The van der Waals surface area contributed by atoms with Gasteiger partial charge in [-0.25, -0.2) is 4.79 Å². The average Bonchev–Trinajstić information content (AvgIpc) is 2.60. The van der Waals surface area contributed by atoms with Crippen molar-refractivity contribution in [3.63, 3.8) is 0 Å². The molecule has 1 saturated heterocycles. The molecule has 0 radical (unpaired) electrons. The third-order valence-electron chi connectivity index (χ3n) is 3.33. The van der Waals surface area contributed by atoms with Gasteiger partial charge in [-0.2, -0.15) is 0 Å². The Morgan fingerprint density at radius 1 is 1.40 bits per heavy atom. The number of hydrogen-bond donors (Lipinski definition) is 2. The van der Waals surface area contributed by atoms with E-state index in [1.165, 1.54) is 4.90 Å². The van der Waals surface area contributed by atoms with E-state index in [4.69, 9.17) is 10.5 Å². The van der Waals surface area contributed by atoms with Crippen molar-refractivity contribution in [1.29, 1.82) is 0 Å². The Morgan fingerprint density at radius 3 is 2.80 bits per heavy atom. The lowest BCUT2D eigenvalue weighted by molar-refractivity contribution is 0.0702. The maximum atomic E-state index is 11.9. The van der Waals surface area contributed by atoms with Gasteiger partial charge >= 0.3 is 6.09 Å². The number of carbonyl (C=O) groups is 1. The number of rotatable bonds is 2. The number of likely N-dealkylation sites (tertiary alicyclic amines) is 1. The van der Waals surface area contributed by atoms with Crippen LogP contribution < -0.4 is 5.73 Å². The van der Waals surface area contributed by atoms with Gasteiger partial charge in [0.05, 0.1) is 12.6 Å². The smallest absolute Gasteiger partial charge is 0.410 e. The summed E-state index contributed by atoms with van der Waals surface area (Å²) in [5.74, 6) is 0. The van der Waals surface area contributed by atoms with E-state index in [9.17, 15) is 9.90 Å². The van der Waals surface area contributed by atoms with Crippen LogP contribution in [0, 0.1) is 0 Å². The van der Waals surface area contributed by atoms with Gasteiger partial charge in [-0.15, -0.1) is 12.4 Å². The molecule has 1 aromatic rings. The number of β-amino-alcohol motifs (C(OH)–C–C–N with tert-alkyl or cyclic N) is 1. The van der Waals surface area contributed by atoms with Gasteiger partial charge in [0.1, 0.15) is 6.61 Å². The number of benzene rings is 1. The average molecular weight is 301 g/mol. The topological polar surface area (TPSA) is 75.8 Å². The Kier molecular flexibility index (Phi) is 6.78. The number of nitrogens with two attached hydrogens (primary N) is 1. The van der Waals surface area contributed by atoms with Crippen molar-refractivity contribution < 1.29 is 14.6 Å². The Hall–Kier alpha value is -1.30. The van der Waals surface area contributed by atoms with Crippen LogP contribution in [0.3, 0.4) is 0 Å². The second-order valence-corrected chi connectivity index (χ2v) is 4.86. The monoisotopic (exact) mass is 300 g/mol. The highest BCUT2D eigenvalue weighted by molar-refractivity contribution is 5.85. The molecule has 2 atom stereocenters. The summed E-state index contributed by atoms with van der Waals surface area (Å²) >= 11 is 0. The summed E-state index contributed by atoms with van der Waals surface area (Å²) in [5, 5.41) is 9.79. The van der Waals surface area contributed by atoms with Crippen LogP contribution in [0.5, 0.6) is 0 Å². The van der Waals surface area contributed by atoms with Gasteiger partial charge in [0.15, 0.2) is 0 Å². The molecule has 1 aliphatic rings. The summed E-state index contributed by atoms with van der Waals surface area (Å²) < 4.78 is 5.24. The number of aliphatic hydroxyl groups is 1. The summed E-state index contributed by atoms with van der Waals surface area (Å²) in [6.07, 6.45) is 0.450. The van der Waals surface area contributed by atoms with Crippen molar-refractivity contribution in [1.82, 2.24) is 4.90 Å². The zero-order valence-corrected chi connectivity index (χ0v) is 12.1. The molecule has 5 nitrogen and oxygen atoms in total. The minimum absolute atomic E-state index is 0. The van der Waals surface area contributed by atoms with Crippen LogP contribution in [-0.2, 0) is 11.3 Å². The van der Waals surface area contributed by atoms with Crippen LogP contribution in [-0.4, -0.2) is 41.3 Å². The number of hydrogen-bond acceptors (Lipinski definition) is 4. The fourth-order valence-electron chi connectivity index (χ4n) is 2.14. The first-order valence-electron chi connectivity index (χ1n) is 6.56. The third-order valence-corrected chi connectivity index (χ3v) is 3.33. The van der Waals surface area contributed by atoms with Crippen molar-refractivity contribution in [3.05, 3.63) is 35.9 Å². The molecule has 1 amide bonds. The third kappa shape index (κ3) is 4.67. The molecule has 3 N–H and O–H groups in total.